The highest BCUT2D eigenvalue weighted by molar-refractivity contribution is 5.83. The average Bonchev–Trinajstić information content (AvgIpc) is 2.87. The largest absolute Gasteiger partial charge is 0.398 e. The Morgan fingerprint density at radius 1 is 0.946 bits per heavy atom. The lowest BCUT2D eigenvalue weighted by Crippen LogP contribution is -2.09. The zero-order chi connectivity index (χ0) is 27.9. The van der Waals surface area contributed by atoms with Crippen molar-refractivity contribution in [3.63, 3.8) is 0 Å². The van der Waals surface area contributed by atoms with Crippen LogP contribution in [0.5, 0.6) is 0 Å². The molecule has 0 saturated carbocycles. The van der Waals surface area contributed by atoms with Crippen molar-refractivity contribution in [3.05, 3.63) is 119 Å². The van der Waals surface area contributed by atoms with Crippen molar-refractivity contribution in [3.8, 4) is 0 Å². The van der Waals surface area contributed by atoms with Gasteiger partial charge in [0.15, 0.2) is 0 Å². The van der Waals surface area contributed by atoms with Gasteiger partial charge in [0.1, 0.15) is 0 Å². The van der Waals surface area contributed by atoms with E-state index < -0.39 is 0 Å². The summed E-state index contributed by atoms with van der Waals surface area (Å²) in [4.78, 5) is 0. The smallest absolute Gasteiger partial charge is 0.0349 e. The van der Waals surface area contributed by atoms with Gasteiger partial charge in [0.2, 0.25) is 0 Å². The molecule has 2 atom stereocenters. The minimum Gasteiger partial charge on any atom is -0.398 e. The maximum Gasteiger partial charge on any atom is 0.0349 e. The lowest BCUT2D eigenvalue weighted by molar-refractivity contribution is 0.563. The molecule has 2 aromatic carbocycles. The van der Waals surface area contributed by atoms with Crippen molar-refractivity contribution in [1.29, 1.82) is 0 Å². The Balaban J connectivity index is 2.35. The predicted octanol–water partition coefficient (Wildman–Crippen LogP) is 10.5. The average molecular weight is 494 g/mol. The van der Waals surface area contributed by atoms with E-state index >= 15 is 0 Å². The molecule has 0 heterocycles. The highest BCUT2D eigenvalue weighted by Crippen LogP contribution is 2.34. The monoisotopic (exact) mass is 493 g/mol. The second-order valence-corrected chi connectivity index (χ2v) is 10.5. The SMILES string of the molecule is C=C(/C=C(\C)c1ccc(C(=C)C(C)C(=C)C(C)CCC)cc1C)/C(C)=C(\C=C/C)c1ccc(C)c(N)c1. The topological polar surface area (TPSA) is 26.0 Å². The predicted molar refractivity (Wildman–Crippen MR) is 168 cm³/mol. The van der Waals surface area contributed by atoms with E-state index in [1.165, 1.54) is 40.7 Å². The summed E-state index contributed by atoms with van der Waals surface area (Å²) < 4.78 is 0. The van der Waals surface area contributed by atoms with Gasteiger partial charge in [0, 0.05) is 11.6 Å². The lowest BCUT2D eigenvalue weighted by Gasteiger charge is -2.23. The van der Waals surface area contributed by atoms with Gasteiger partial charge >= 0.3 is 0 Å². The van der Waals surface area contributed by atoms with Crippen molar-refractivity contribution in [2.45, 2.75) is 68.2 Å². The third-order valence-corrected chi connectivity index (χ3v) is 7.66. The minimum absolute atomic E-state index is 0.261. The third-order valence-electron chi connectivity index (χ3n) is 7.66. The molecule has 1 heteroatoms. The molecule has 2 unspecified atom stereocenters. The first-order valence-electron chi connectivity index (χ1n) is 13.5. The molecular weight excluding hydrogens is 446 g/mol. The Kier molecular flexibility index (Phi) is 10.7. The van der Waals surface area contributed by atoms with Crippen LogP contribution >= 0.6 is 0 Å². The van der Waals surface area contributed by atoms with Gasteiger partial charge < -0.3 is 5.73 Å². The molecule has 0 bridgehead atoms. The van der Waals surface area contributed by atoms with E-state index in [2.05, 4.69) is 110 Å². The van der Waals surface area contributed by atoms with Gasteiger partial charge in [-0.2, -0.15) is 0 Å². The summed E-state index contributed by atoms with van der Waals surface area (Å²) in [6, 6.07) is 12.9. The van der Waals surface area contributed by atoms with Crippen LogP contribution in [-0.2, 0) is 0 Å². The Morgan fingerprint density at radius 3 is 2.16 bits per heavy atom. The Morgan fingerprint density at radius 2 is 1.59 bits per heavy atom. The molecule has 2 N–H and O–H groups in total. The fourth-order valence-corrected chi connectivity index (χ4v) is 4.86. The number of nitrogens with two attached hydrogens (primary N) is 1. The van der Waals surface area contributed by atoms with Crippen LogP contribution in [-0.4, -0.2) is 0 Å². The number of allylic oxidation sites excluding steroid dienone is 9. The van der Waals surface area contributed by atoms with E-state index in [-0.39, 0.29) is 5.92 Å². The number of benzene rings is 2. The molecule has 0 aliphatic heterocycles. The Hall–Kier alpha value is -3.32. The summed E-state index contributed by atoms with van der Waals surface area (Å²) >= 11 is 0. The maximum atomic E-state index is 6.21. The summed E-state index contributed by atoms with van der Waals surface area (Å²) in [5.74, 6) is 0.769. The van der Waals surface area contributed by atoms with E-state index in [0.29, 0.717) is 5.92 Å². The van der Waals surface area contributed by atoms with E-state index in [0.717, 1.165) is 39.1 Å². The first-order valence-corrected chi connectivity index (χ1v) is 13.5. The van der Waals surface area contributed by atoms with E-state index in [9.17, 15) is 0 Å². The molecule has 0 fully saturated rings. The fourth-order valence-electron chi connectivity index (χ4n) is 4.86. The van der Waals surface area contributed by atoms with Crippen LogP contribution in [0.25, 0.3) is 16.7 Å². The number of aryl methyl sites for hydroxylation is 2. The van der Waals surface area contributed by atoms with Crippen molar-refractivity contribution >= 4 is 22.4 Å². The summed E-state index contributed by atoms with van der Waals surface area (Å²) in [6.45, 7) is 30.5. The maximum absolute atomic E-state index is 6.21. The molecule has 2 aromatic rings. The molecule has 0 spiro atoms. The number of nitrogen functional groups attached to an aromatic ring is 1. The molecular formula is C36H47N. The lowest BCUT2D eigenvalue weighted by atomic mass is 9.81. The molecule has 0 saturated heterocycles. The molecule has 196 valence electrons. The number of hydrogen-bond acceptors (Lipinski definition) is 1. The van der Waals surface area contributed by atoms with Crippen LogP contribution in [0.2, 0.25) is 0 Å². The van der Waals surface area contributed by atoms with Crippen LogP contribution in [0.15, 0.2) is 91.1 Å². The molecule has 0 radical (unpaired) electrons. The van der Waals surface area contributed by atoms with Gasteiger partial charge in [-0.15, -0.1) is 0 Å². The second-order valence-electron chi connectivity index (χ2n) is 10.5. The highest BCUT2D eigenvalue weighted by Gasteiger charge is 2.18. The van der Waals surface area contributed by atoms with Crippen LogP contribution < -0.4 is 5.73 Å². The molecule has 0 aromatic heterocycles. The molecule has 2 rings (SSSR count). The fraction of sp³-hybridized carbons (Fsp3) is 0.333. The molecule has 1 nitrogen and oxygen atoms in total. The summed E-state index contributed by atoms with van der Waals surface area (Å²) in [6.07, 6.45) is 8.73. The summed E-state index contributed by atoms with van der Waals surface area (Å²) in [5.41, 5.74) is 19.7. The Labute approximate surface area is 226 Å². The van der Waals surface area contributed by atoms with Gasteiger partial charge in [-0.3, -0.25) is 0 Å². The first kappa shape index (κ1) is 29.9. The van der Waals surface area contributed by atoms with Gasteiger partial charge in [-0.1, -0.05) is 101 Å². The Bertz CT molecular complexity index is 1260. The van der Waals surface area contributed by atoms with Gasteiger partial charge in [-0.25, -0.2) is 0 Å². The number of anilines is 1. The van der Waals surface area contributed by atoms with Crippen LogP contribution in [0.4, 0.5) is 5.69 Å². The summed E-state index contributed by atoms with van der Waals surface area (Å²) in [7, 11) is 0. The minimum atomic E-state index is 0.261. The second kappa shape index (κ2) is 13.3. The normalized spacial score (nSPS) is 14.3. The van der Waals surface area contributed by atoms with Crippen LogP contribution in [0.1, 0.15) is 82.2 Å². The van der Waals surface area contributed by atoms with Gasteiger partial charge in [-0.05, 0) is 109 Å². The van der Waals surface area contributed by atoms with Crippen LogP contribution in [0, 0.1) is 25.7 Å². The first-order chi connectivity index (χ1) is 17.4. The van der Waals surface area contributed by atoms with E-state index in [4.69, 9.17) is 5.73 Å². The third kappa shape index (κ3) is 7.35. The summed E-state index contributed by atoms with van der Waals surface area (Å²) in [5, 5.41) is 0. The quantitative estimate of drug-likeness (QED) is 0.188. The van der Waals surface area contributed by atoms with E-state index in [1.54, 1.807) is 0 Å². The zero-order valence-electron chi connectivity index (χ0n) is 24.5. The number of rotatable bonds is 11. The van der Waals surface area contributed by atoms with Crippen molar-refractivity contribution in [1.82, 2.24) is 0 Å². The molecule has 0 aliphatic carbocycles. The van der Waals surface area contributed by atoms with Gasteiger partial charge in [0.05, 0.1) is 0 Å². The van der Waals surface area contributed by atoms with E-state index in [1.807, 2.05) is 19.9 Å². The molecule has 37 heavy (non-hydrogen) atoms. The molecule has 0 amide bonds. The van der Waals surface area contributed by atoms with Crippen molar-refractivity contribution < 1.29 is 0 Å². The van der Waals surface area contributed by atoms with Gasteiger partial charge in [0.25, 0.3) is 0 Å². The molecule has 0 aliphatic rings. The number of hydrogen-bond donors (Lipinski definition) is 1. The van der Waals surface area contributed by atoms with Crippen LogP contribution in [0.3, 0.4) is 0 Å². The highest BCUT2D eigenvalue weighted by atomic mass is 14.6. The van der Waals surface area contributed by atoms with Crippen molar-refractivity contribution in [2.24, 2.45) is 11.8 Å². The van der Waals surface area contributed by atoms with Crippen molar-refractivity contribution in [2.75, 3.05) is 5.73 Å². The zero-order valence-corrected chi connectivity index (χ0v) is 24.5. The standard InChI is InChI=1S/C36H47N/c1-12-14-23(3)28(8)30(10)31(11)32-18-19-34(27(7)21-32)26(6)20-25(5)29(9)35(15-13-2)33-17-16-24(4)36(37)22-33/h13,15-23,30H,5,8,11-12,14,37H2,1-4,6-7,9-10H3/b15-13-,26-20+,35-29+.